The first kappa shape index (κ1) is 18.5. The Bertz CT molecular complexity index is 792. The van der Waals surface area contributed by atoms with E-state index in [9.17, 15) is 9.59 Å². The van der Waals surface area contributed by atoms with Gasteiger partial charge < -0.3 is 9.47 Å². The molecule has 0 unspecified atom stereocenters. The predicted octanol–water partition coefficient (Wildman–Crippen LogP) is 2.43. The molecule has 1 N–H and O–H groups in total. The van der Waals surface area contributed by atoms with Crippen molar-refractivity contribution in [3.8, 4) is 0 Å². The van der Waals surface area contributed by atoms with Gasteiger partial charge in [-0.1, -0.05) is 30.3 Å². The van der Waals surface area contributed by atoms with Gasteiger partial charge in [-0.2, -0.15) is 0 Å². The predicted molar refractivity (Wildman–Crippen MR) is 97.7 cm³/mol. The Kier molecular flexibility index (Phi) is 5.38. The van der Waals surface area contributed by atoms with E-state index in [4.69, 9.17) is 9.47 Å². The largest absolute Gasteiger partial charge is 0.469 e. The van der Waals surface area contributed by atoms with Crippen LogP contribution in [-0.4, -0.2) is 36.7 Å². The second kappa shape index (κ2) is 7.55. The molecule has 7 heteroatoms. The van der Waals surface area contributed by atoms with Crippen molar-refractivity contribution in [2.24, 2.45) is 5.92 Å². The molecule has 0 aliphatic carbocycles. The van der Waals surface area contributed by atoms with Gasteiger partial charge in [0.05, 0.1) is 26.2 Å². The Hall–Kier alpha value is -2.25. The molecule has 26 heavy (non-hydrogen) atoms. The monoisotopic (exact) mass is 374 g/mol. The minimum absolute atomic E-state index is 0.296. The maximum Gasteiger partial charge on any atom is 0.326 e. The van der Waals surface area contributed by atoms with Crippen LogP contribution in [0.25, 0.3) is 0 Å². The minimum Gasteiger partial charge on any atom is -0.469 e. The number of nitrogens with zero attached hydrogens (tertiary/aromatic N) is 1. The van der Waals surface area contributed by atoms with Crippen LogP contribution in [0.3, 0.4) is 0 Å². The summed E-state index contributed by atoms with van der Waals surface area (Å²) in [6, 6.07) is 9.31. The third kappa shape index (κ3) is 3.50. The average Bonchev–Trinajstić information content (AvgIpc) is 3.26. The van der Waals surface area contributed by atoms with E-state index in [1.54, 1.807) is 0 Å². The van der Waals surface area contributed by atoms with E-state index in [0.717, 1.165) is 16.3 Å². The third-order valence-electron chi connectivity index (χ3n) is 4.73. The summed E-state index contributed by atoms with van der Waals surface area (Å²) in [5.41, 5.74) is 0.873. The van der Waals surface area contributed by atoms with E-state index >= 15 is 0 Å². The lowest BCUT2D eigenvalue weighted by atomic mass is 9.86. The second-order valence-corrected chi connectivity index (χ2v) is 7.41. The first-order valence-corrected chi connectivity index (χ1v) is 9.27. The molecule has 6 nitrogen and oxygen atoms in total. The summed E-state index contributed by atoms with van der Waals surface area (Å²) in [6.45, 7) is 1.90. The molecule has 1 aromatic carbocycles. The third-order valence-corrected chi connectivity index (χ3v) is 5.78. The molecule has 0 spiro atoms. The first-order chi connectivity index (χ1) is 12.5. The van der Waals surface area contributed by atoms with Crippen LogP contribution >= 0.6 is 11.3 Å². The molecule has 1 aliphatic heterocycles. The van der Waals surface area contributed by atoms with Crippen molar-refractivity contribution in [1.82, 2.24) is 10.3 Å². The van der Waals surface area contributed by atoms with E-state index < -0.39 is 11.5 Å². The summed E-state index contributed by atoms with van der Waals surface area (Å²) < 4.78 is 10.1. The van der Waals surface area contributed by atoms with Crippen LogP contribution < -0.4 is 5.32 Å². The number of ether oxygens (including phenoxy) is 2. The standard InChI is InChI=1S/C19H22N2O4S/c1-12-11-26-16(20-12)15-14(17(22)24-2)10-19(21-15,18(23)25-3)9-13-7-5-4-6-8-13/h4-8,11,14-15,21H,9-10H2,1-3H3/t14-,15+,19-/m1/s1. The summed E-state index contributed by atoms with van der Waals surface area (Å²) >= 11 is 1.47. The van der Waals surface area contributed by atoms with Gasteiger partial charge >= 0.3 is 11.9 Å². The molecule has 2 heterocycles. The van der Waals surface area contributed by atoms with Gasteiger partial charge in [0.15, 0.2) is 0 Å². The highest BCUT2D eigenvalue weighted by Crippen LogP contribution is 2.42. The molecule has 1 saturated heterocycles. The number of aromatic nitrogens is 1. The Morgan fingerprint density at radius 3 is 2.58 bits per heavy atom. The van der Waals surface area contributed by atoms with Crippen LogP contribution in [0.2, 0.25) is 0 Å². The fraction of sp³-hybridized carbons (Fsp3) is 0.421. The number of carbonyl (C=O) groups excluding carboxylic acids is 2. The number of methoxy groups -OCH3 is 2. The first-order valence-electron chi connectivity index (χ1n) is 8.39. The fourth-order valence-corrected chi connectivity index (χ4v) is 4.46. The smallest absolute Gasteiger partial charge is 0.326 e. The molecule has 0 saturated carbocycles. The van der Waals surface area contributed by atoms with Gasteiger partial charge in [0.1, 0.15) is 10.5 Å². The molecule has 2 aromatic rings. The molecule has 138 valence electrons. The Morgan fingerprint density at radius 2 is 2.00 bits per heavy atom. The fourth-order valence-electron chi connectivity index (χ4n) is 3.55. The molecule has 1 fully saturated rings. The summed E-state index contributed by atoms with van der Waals surface area (Å²) in [7, 11) is 2.73. The Morgan fingerprint density at radius 1 is 1.27 bits per heavy atom. The zero-order valence-corrected chi connectivity index (χ0v) is 15.8. The lowest BCUT2D eigenvalue weighted by Gasteiger charge is -2.27. The van der Waals surface area contributed by atoms with Gasteiger partial charge in [-0.05, 0) is 18.9 Å². The van der Waals surface area contributed by atoms with Gasteiger partial charge in [-0.15, -0.1) is 11.3 Å². The highest BCUT2D eigenvalue weighted by atomic mass is 32.1. The summed E-state index contributed by atoms with van der Waals surface area (Å²) in [5.74, 6) is -1.24. The molecular weight excluding hydrogens is 352 g/mol. The van der Waals surface area contributed by atoms with E-state index in [1.165, 1.54) is 25.6 Å². The molecule has 1 aromatic heterocycles. The van der Waals surface area contributed by atoms with E-state index in [-0.39, 0.29) is 18.0 Å². The van der Waals surface area contributed by atoms with Gasteiger partial charge in [0.2, 0.25) is 0 Å². The van der Waals surface area contributed by atoms with Gasteiger partial charge in [-0.3, -0.25) is 14.9 Å². The molecule has 1 aliphatic rings. The van der Waals surface area contributed by atoms with Crippen LogP contribution in [0, 0.1) is 12.8 Å². The van der Waals surface area contributed by atoms with Crippen LogP contribution in [0.4, 0.5) is 0 Å². The zero-order valence-electron chi connectivity index (χ0n) is 15.0. The van der Waals surface area contributed by atoms with Crippen LogP contribution in [0.1, 0.15) is 28.7 Å². The summed E-state index contributed by atoms with van der Waals surface area (Å²) in [4.78, 5) is 29.7. The van der Waals surface area contributed by atoms with Gasteiger partial charge in [0.25, 0.3) is 0 Å². The van der Waals surface area contributed by atoms with Gasteiger partial charge in [0, 0.05) is 17.5 Å². The highest BCUT2D eigenvalue weighted by Gasteiger charge is 2.54. The number of nitrogens with one attached hydrogen (secondary N) is 1. The number of hydrogen-bond donors (Lipinski definition) is 1. The maximum atomic E-state index is 12.7. The number of thiazole rings is 1. The molecule has 3 atom stereocenters. The van der Waals surface area contributed by atoms with E-state index in [1.807, 2.05) is 42.6 Å². The lowest BCUT2D eigenvalue weighted by molar-refractivity contribution is -0.148. The summed E-state index contributed by atoms with van der Waals surface area (Å²) in [5, 5.41) is 6.08. The van der Waals surface area contributed by atoms with Gasteiger partial charge in [-0.25, -0.2) is 4.98 Å². The number of benzene rings is 1. The minimum atomic E-state index is -1.00. The number of esters is 2. The van der Waals surface area contributed by atoms with Crippen molar-refractivity contribution >= 4 is 23.3 Å². The highest BCUT2D eigenvalue weighted by molar-refractivity contribution is 7.09. The normalized spacial score (nSPS) is 25.0. The topological polar surface area (TPSA) is 77.5 Å². The number of carbonyl (C=O) groups is 2. The molecular formula is C19H22N2O4S. The van der Waals surface area contributed by atoms with Crippen molar-refractivity contribution in [1.29, 1.82) is 0 Å². The van der Waals surface area contributed by atoms with Crippen LogP contribution in [0.5, 0.6) is 0 Å². The molecule has 0 radical (unpaired) electrons. The SMILES string of the molecule is COC(=O)[C@@H]1C[C@](Cc2ccccc2)(C(=O)OC)N[C@@H]1c1nc(C)cs1. The molecule has 0 bridgehead atoms. The zero-order chi connectivity index (χ0) is 18.7. The van der Waals surface area contributed by atoms with Crippen molar-refractivity contribution in [3.63, 3.8) is 0 Å². The number of rotatable bonds is 5. The van der Waals surface area contributed by atoms with E-state index in [2.05, 4.69) is 10.3 Å². The number of aryl methyl sites for hydroxylation is 1. The Labute approximate surface area is 156 Å². The average molecular weight is 374 g/mol. The van der Waals surface area contributed by atoms with E-state index in [0.29, 0.717) is 12.8 Å². The number of hydrogen-bond acceptors (Lipinski definition) is 7. The quantitative estimate of drug-likeness (QED) is 0.810. The Balaban J connectivity index is 1.99. The lowest BCUT2D eigenvalue weighted by Crippen LogP contribution is -2.50. The van der Waals surface area contributed by atoms with Crippen molar-refractivity contribution < 1.29 is 19.1 Å². The molecule has 0 amide bonds. The van der Waals surface area contributed by atoms with Crippen molar-refractivity contribution in [2.75, 3.05) is 14.2 Å². The maximum absolute atomic E-state index is 12.7. The van der Waals surface area contributed by atoms with Crippen LogP contribution in [0.15, 0.2) is 35.7 Å². The summed E-state index contributed by atoms with van der Waals surface area (Å²) in [6.07, 6.45) is 0.722. The molecule has 3 rings (SSSR count). The van der Waals surface area contributed by atoms with Crippen molar-refractivity contribution in [2.45, 2.75) is 31.3 Å². The van der Waals surface area contributed by atoms with Crippen LogP contribution in [-0.2, 0) is 25.5 Å². The second-order valence-electron chi connectivity index (χ2n) is 6.52. The van der Waals surface area contributed by atoms with Crippen molar-refractivity contribution in [3.05, 3.63) is 52.0 Å².